The van der Waals surface area contributed by atoms with Gasteiger partial charge in [0.2, 0.25) is 11.8 Å². The Bertz CT molecular complexity index is 1670. The average Bonchev–Trinajstić information content (AvgIpc) is 3.06. The number of carbonyl (C=O) groups excluding carboxylic acids is 2. The quantitative estimate of drug-likeness (QED) is 0.192. The van der Waals surface area contributed by atoms with Gasteiger partial charge in [0.15, 0.2) is 0 Å². The summed E-state index contributed by atoms with van der Waals surface area (Å²) in [5, 5.41) is 3.05. The predicted octanol–water partition coefficient (Wildman–Crippen LogP) is 5.75. The number of amides is 2. The van der Waals surface area contributed by atoms with Crippen LogP contribution in [0, 0.1) is 6.92 Å². The summed E-state index contributed by atoms with van der Waals surface area (Å²) in [7, 11) is -2.77. The Kier molecular flexibility index (Phi) is 11.4. The lowest BCUT2D eigenvalue weighted by Gasteiger charge is -2.34. The second-order valence-corrected chi connectivity index (χ2v) is 12.9. The number of nitrogens with one attached hydrogen (secondary N) is 1. The standard InChI is InChI=1S/C36H41N3O5S/c1-5-28(3)37-36(41)33(24-29-15-9-6-10-16-29)38(25-30-17-11-7-12-18-30)35(40)26-39(32-23-27(2)21-22-34(32)44-4)45(42,43)31-19-13-8-14-20-31/h6-23,28,33H,5,24-26H2,1-4H3,(H,37,41)/t28-,33+/m1/s1. The van der Waals surface area contributed by atoms with Gasteiger partial charge in [-0.25, -0.2) is 8.42 Å². The molecular formula is C36H41N3O5S. The number of benzene rings is 4. The monoisotopic (exact) mass is 627 g/mol. The predicted molar refractivity (Wildman–Crippen MR) is 178 cm³/mol. The number of aryl methyl sites for hydroxylation is 1. The third-order valence-corrected chi connectivity index (χ3v) is 9.45. The highest BCUT2D eigenvalue weighted by atomic mass is 32.2. The van der Waals surface area contributed by atoms with Crippen molar-refractivity contribution in [3.63, 3.8) is 0 Å². The molecule has 0 spiro atoms. The topological polar surface area (TPSA) is 96.0 Å². The Morgan fingerprint density at radius 1 is 0.844 bits per heavy atom. The van der Waals surface area contributed by atoms with Crippen LogP contribution in [0.3, 0.4) is 0 Å². The molecule has 45 heavy (non-hydrogen) atoms. The Balaban J connectivity index is 1.83. The van der Waals surface area contributed by atoms with Gasteiger partial charge in [0.1, 0.15) is 18.3 Å². The Labute approximate surface area is 266 Å². The lowest BCUT2D eigenvalue weighted by Crippen LogP contribution is -2.54. The molecule has 2 amide bonds. The lowest BCUT2D eigenvalue weighted by molar-refractivity contribution is -0.140. The third-order valence-electron chi connectivity index (χ3n) is 7.68. The van der Waals surface area contributed by atoms with Gasteiger partial charge < -0.3 is 15.0 Å². The van der Waals surface area contributed by atoms with Crippen molar-refractivity contribution >= 4 is 27.5 Å². The van der Waals surface area contributed by atoms with Gasteiger partial charge >= 0.3 is 0 Å². The van der Waals surface area contributed by atoms with E-state index in [1.54, 1.807) is 30.3 Å². The maximum Gasteiger partial charge on any atom is 0.264 e. The molecule has 0 aromatic heterocycles. The molecule has 0 heterocycles. The summed E-state index contributed by atoms with van der Waals surface area (Å²) in [5.74, 6) is -0.525. The number of hydrogen-bond acceptors (Lipinski definition) is 5. The molecule has 4 aromatic rings. The molecule has 0 saturated heterocycles. The summed E-state index contributed by atoms with van der Waals surface area (Å²) in [4.78, 5) is 30.0. The molecule has 1 N–H and O–H groups in total. The minimum atomic E-state index is -4.23. The first-order valence-corrected chi connectivity index (χ1v) is 16.5. The van der Waals surface area contributed by atoms with Crippen molar-refractivity contribution in [1.82, 2.24) is 10.2 Å². The molecule has 0 unspecified atom stereocenters. The van der Waals surface area contributed by atoms with Gasteiger partial charge in [-0.1, -0.05) is 91.9 Å². The maximum absolute atomic E-state index is 14.6. The summed E-state index contributed by atoms with van der Waals surface area (Å²) in [6.07, 6.45) is 0.966. The van der Waals surface area contributed by atoms with E-state index in [9.17, 15) is 18.0 Å². The molecule has 4 rings (SSSR count). The first-order chi connectivity index (χ1) is 21.6. The second kappa shape index (κ2) is 15.4. The number of carbonyl (C=O) groups is 2. The van der Waals surface area contributed by atoms with Crippen molar-refractivity contribution in [2.24, 2.45) is 0 Å². The van der Waals surface area contributed by atoms with Crippen LogP contribution in [0.5, 0.6) is 5.75 Å². The second-order valence-electron chi connectivity index (χ2n) is 11.0. The maximum atomic E-state index is 14.6. The molecule has 236 valence electrons. The Morgan fingerprint density at radius 2 is 1.42 bits per heavy atom. The van der Waals surface area contributed by atoms with Gasteiger partial charge in [-0.15, -0.1) is 0 Å². The molecule has 0 fully saturated rings. The number of sulfonamides is 1. The number of hydrogen-bond donors (Lipinski definition) is 1. The van der Waals surface area contributed by atoms with E-state index in [1.807, 2.05) is 87.5 Å². The molecule has 0 aliphatic heterocycles. The van der Waals surface area contributed by atoms with Gasteiger partial charge in [0.05, 0.1) is 17.7 Å². The Hall–Kier alpha value is -4.63. The summed E-state index contributed by atoms with van der Waals surface area (Å²) < 4.78 is 35.1. The van der Waals surface area contributed by atoms with Crippen molar-refractivity contribution < 1.29 is 22.7 Å². The zero-order chi connectivity index (χ0) is 32.4. The van der Waals surface area contributed by atoms with Crippen LogP contribution < -0.4 is 14.4 Å². The van der Waals surface area contributed by atoms with E-state index in [4.69, 9.17) is 4.74 Å². The number of methoxy groups -OCH3 is 1. The highest BCUT2D eigenvalue weighted by molar-refractivity contribution is 7.92. The van der Waals surface area contributed by atoms with Crippen molar-refractivity contribution in [2.75, 3.05) is 18.0 Å². The highest BCUT2D eigenvalue weighted by Gasteiger charge is 2.35. The number of ether oxygens (including phenoxy) is 1. The van der Waals surface area contributed by atoms with E-state index in [0.29, 0.717) is 12.2 Å². The third kappa shape index (κ3) is 8.51. The zero-order valence-electron chi connectivity index (χ0n) is 26.2. The van der Waals surface area contributed by atoms with E-state index in [2.05, 4.69) is 5.32 Å². The van der Waals surface area contributed by atoms with E-state index < -0.39 is 28.5 Å². The Morgan fingerprint density at radius 3 is 2.00 bits per heavy atom. The van der Waals surface area contributed by atoms with Crippen LogP contribution in [0.2, 0.25) is 0 Å². The molecule has 4 aromatic carbocycles. The van der Waals surface area contributed by atoms with Crippen molar-refractivity contribution in [2.45, 2.75) is 57.1 Å². The fourth-order valence-electron chi connectivity index (χ4n) is 5.00. The first-order valence-electron chi connectivity index (χ1n) is 15.0. The minimum absolute atomic E-state index is 0.0336. The molecule has 0 aliphatic rings. The average molecular weight is 628 g/mol. The molecule has 8 nitrogen and oxygen atoms in total. The number of rotatable bonds is 14. The van der Waals surface area contributed by atoms with Gasteiger partial charge in [-0.2, -0.15) is 0 Å². The molecule has 0 radical (unpaired) electrons. The van der Waals surface area contributed by atoms with Gasteiger partial charge in [-0.3, -0.25) is 13.9 Å². The number of nitrogens with zero attached hydrogens (tertiary/aromatic N) is 2. The minimum Gasteiger partial charge on any atom is -0.495 e. The smallest absolute Gasteiger partial charge is 0.264 e. The van der Waals surface area contributed by atoms with E-state index in [0.717, 1.165) is 21.0 Å². The molecule has 0 saturated carbocycles. The SMILES string of the molecule is CC[C@@H](C)NC(=O)[C@H](Cc1ccccc1)N(Cc1ccccc1)C(=O)CN(c1cc(C)ccc1OC)S(=O)(=O)c1ccccc1. The fourth-order valence-corrected chi connectivity index (χ4v) is 6.44. The van der Waals surface area contributed by atoms with Crippen LogP contribution in [0.4, 0.5) is 5.69 Å². The van der Waals surface area contributed by atoms with Gasteiger partial charge in [0, 0.05) is 19.0 Å². The molecule has 9 heteroatoms. The lowest BCUT2D eigenvalue weighted by atomic mass is 10.0. The largest absolute Gasteiger partial charge is 0.495 e. The molecular weight excluding hydrogens is 586 g/mol. The summed E-state index contributed by atoms with van der Waals surface area (Å²) in [6, 6.07) is 31.0. The van der Waals surface area contributed by atoms with Crippen LogP contribution in [-0.2, 0) is 32.6 Å². The van der Waals surface area contributed by atoms with E-state index in [-0.39, 0.29) is 35.5 Å². The summed E-state index contributed by atoms with van der Waals surface area (Å²) >= 11 is 0. The van der Waals surface area contributed by atoms with Crippen molar-refractivity contribution in [3.05, 3.63) is 126 Å². The van der Waals surface area contributed by atoms with Crippen LogP contribution >= 0.6 is 0 Å². The number of anilines is 1. The van der Waals surface area contributed by atoms with Crippen LogP contribution in [0.25, 0.3) is 0 Å². The van der Waals surface area contributed by atoms with Crippen LogP contribution in [0.15, 0.2) is 114 Å². The van der Waals surface area contributed by atoms with E-state index >= 15 is 0 Å². The van der Waals surface area contributed by atoms with E-state index in [1.165, 1.54) is 24.1 Å². The normalized spacial score (nSPS) is 12.5. The highest BCUT2D eigenvalue weighted by Crippen LogP contribution is 2.34. The van der Waals surface area contributed by atoms with Crippen molar-refractivity contribution in [1.29, 1.82) is 0 Å². The van der Waals surface area contributed by atoms with Gasteiger partial charge in [0.25, 0.3) is 10.0 Å². The fraction of sp³-hybridized carbons (Fsp3) is 0.278. The summed E-state index contributed by atoms with van der Waals surface area (Å²) in [6.45, 7) is 5.29. The first kappa shape index (κ1) is 33.3. The summed E-state index contributed by atoms with van der Waals surface area (Å²) in [5.41, 5.74) is 2.72. The molecule has 0 aliphatic carbocycles. The molecule has 2 atom stereocenters. The van der Waals surface area contributed by atoms with Gasteiger partial charge in [-0.05, 0) is 61.2 Å². The molecule has 0 bridgehead atoms. The van der Waals surface area contributed by atoms with Crippen LogP contribution in [0.1, 0.15) is 37.0 Å². The van der Waals surface area contributed by atoms with Crippen molar-refractivity contribution in [3.8, 4) is 5.75 Å². The zero-order valence-corrected chi connectivity index (χ0v) is 27.0. The van der Waals surface area contributed by atoms with Crippen LogP contribution in [-0.4, -0.2) is 50.9 Å².